The summed E-state index contributed by atoms with van der Waals surface area (Å²) in [6.45, 7) is 7.76. The molecule has 1 fully saturated rings. The minimum Gasteiger partial charge on any atom is -0.381 e. The average molecular weight is 281 g/mol. The normalized spacial score (nSPS) is 24.6. The first-order chi connectivity index (χ1) is 9.01. The molecule has 106 valence electrons. The number of carbonyl (C=O) groups is 1. The molecule has 1 aliphatic rings. The molecule has 0 saturated carbocycles. The van der Waals surface area contributed by atoms with E-state index in [1.54, 1.807) is 18.4 Å². The molecule has 19 heavy (non-hydrogen) atoms. The van der Waals surface area contributed by atoms with Crippen LogP contribution in [0.15, 0.2) is 6.07 Å². The number of nitrogens with zero attached hydrogens (tertiary/aromatic N) is 1. The Hall–Kier alpha value is -0.710. The van der Waals surface area contributed by atoms with E-state index in [0.29, 0.717) is 18.7 Å². The summed E-state index contributed by atoms with van der Waals surface area (Å²) in [7, 11) is 1.77. The van der Waals surface area contributed by atoms with Gasteiger partial charge in [0.1, 0.15) is 0 Å². The molecule has 1 aliphatic heterocycles. The lowest BCUT2D eigenvalue weighted by Gasteiger charge is -2.36. The molecule has 1 aromatic heterocycles. The summed E-state index contributed by atoms with van der Waals surface area (Å²) < 4.78 is 5.41. The number of ether oxygens (including phenoxy) is 1. The van der Waals surface area contributed by atoms with Crippen LogP contribution < -0.4 is 0 Å². The van der Waals surface area contributed by atoms with E-state index in [2.05, 4.69) is 18.7 Å². The molecule has 0 amide bonds. The number of ketones is 1. The Morgan fingerprint density at radius 3 is 2.79 bits per heavy atom. The van der Waals surface area contributed by atoms with Crippen LogP contribution in [0.25, 0.3) is 0 Å². The van der Waals surface area contributed by atoms with Crippen molar-refractivity contribution in [3.63, 3.8) is 0 Å². The number of aryl methyl sites for hydroxylation is 2. The highest BCUT2D eigenvalue weighted by Crippen LogP contribution is 2.23. The summed E-state index contributed by atoms with van der Waals surface area (Å²) in [4.78, 5) is 17.0. The number of thiophene rings is 1. The minimum absolute atomic E-state index is 0.254. The summed E-state index contributed by atoms with van der Waals surface area (Å²) in [5.41, 5.74) is 0.906. The first-order valence-corrected chi connectivity index (χ1v) is 7.70. The summed E-state index contributed by atoms with van der Waals surface area (Å²) in [5.74, 6) is 0.254. The lowest BCUT2D eigenvalue weighted by Crippen LogP contribution is -2.45. The summed E-state index contributed by atoms with van der Waals surface area (Å²) >= 11 is 1.71. The van der Waals surface area contributed by atoms with Crippen LogP contribution in [0.2, 0.25) is 0 Å². The van der Waals surface area contributed by atoms with Gasteiger partial charge in [-0.3, -0.25) is 9.69 Å². The molecule has 0 bridgehead atoms. The zero-order valence-electron chi connectivity index (χ0n) is 12.2. The lowest BCUT2D eigenvalue weighted by atomic mass is 9.99. The van der Waals surface area contributed by atoms with Crippen molar-refractivity contribution in [3.8, 4) is 0 Å². The number of carbonyl (C=O) groups excluding carboxylic acids is 1. The Morgan fingerprint density at radius 2 is 2.26 bits per heavy atom. The molecule has 2 atom stereocenters. The lowest BCUT2D eigenvalue weighted by molar-refractivity contribution is 0.0167. The number of methoxy groups -OCH3 is 1. The standard InChI is InChI=1S/C15H23NO2S/c1-10-7-13(18-4)5-6-16(10)9-15(17)14-8-11(2)19-12(14)3/h8,10,13H,5-7,9H2,1-4H3. The van der Waals surface area contributed by atoms with E-state index in [0.717, 1.165) is 29.8 Å². The molecule has 2 heterocycles. The smallest absolute Gasteiger partial charge is 0.177 e. The van der Waals surface area contributed by atoms with Gasteiger partial charge in [-0.1, -0.05) is 0 Å². The molecule has 0 N–H and O–H groups in total. The molecule has 0 spiro atoms. The topological polar surface area (TPSA) is 29.5 Å². The Kier molecular flexibility index (Phi) is 4.76. The van der Waals surface area contributed by atoms with Crippen molar-refractivity contribution in [1.82, 2.24) is 4.90 Å². The van der Waals surface area contributed by atoms with E-state index in [-0.39, 0.29) is 5.78 Å². The fraction of sp³-hybridized carbons (Fsp3) is 0.667. The van der Waals surface area contributed by atoms with Crippen molar-refractivity contribution in [1.29, 1.82) is 0 Å². The second-order valence-electron chi connectivity index (χ2n) is 5.45. The SMILES string of the molecule is COC1CCN(CC(=O)c2cc(C)sc2C)C(C)C1. The van der Waals surface area contributed by atoms with E-state index >= 15 is 0 Å². The fourth-order valence-electron chi connectivity index (χ4n) is 2.80. The van der Waals surface area contributed by atoms with Gasteiger partial charge >= 0.3 is 0 Å². The van der Waals surface area contributed by atoms with Gasteiger partial charge in [0.25, 0.3) is 0 Å². The van der Waals surface area contributed by atoms with Gasteiger partial charge in [-0.2, -0.15) is 0 Å². The van der Waals surface area contributed by atoms with Gasteiger partial charge in [-0.05, 0) is 39.7 Å². The van der Waals surface area contributed by atoms with Crippen LogP contribution in [0, 0.1) is 13.8 Å². The third kappa shape index (κ3) is 3.44. The van der Waals surface area contributed by atoms with Crippen LogP contribution in [0.3, 0.4) is 0 Å². The first kappa shape index (κ1) is 14.7. The number of hydrogen-bond donors (Lipinski definition) is 0. The van der Waals surface area contributed by atoms with Crippen LogP contribution in [0.5, 0.6) is 0 Å². The molecule has 0 aromatic carbocycles. The predicted octanol–water partition coefficient (Wildman–Crippen LogP) is 3.05. The Labute approximate surface area is 119 Å². The van der Waals surface area contributed by atoms with E-state index in [1.165, 1.54) is 4.88 Å². The Morgan fingerprint density at radius 1 is 1.53 bits per heavy atom. The van der Waals surface area contributed by atoms with E-state index in [1.807, 2.05) is 13.0 Å². The van der Waals surface area contributed by atoms with Crippen molar-refractivity contribution < 1.29 is 9.53 Å². The maximum Gasteiger partial charge on any atom is 0.177 e. The van der Waals surface area contributed by atoms with Crippen LogP contribution in [0.4, 0.5) is 0 Å². The number of piperidine rings is 1. The van der Waals surface area contributed by atoms with Gasteiger partial charge in [0, 0.05) is 35.0 Å². The van der Waals surface area contributed by atoms with Gasteiger partial charge in [-0.25, -0.2) is 0 Å². The molecule has 0 radical (unpaired) electrons. The largest absolute Gasteiger partial charge is 0.381 e. The van der Waals surface area contributed by atoms with Crippen molar-refractivity contribution in [2.75, 3.05) is 20.2 Å². The van der Waals surface area contributed by atoms with Gasteiger partial charge in [0.05, 0.1) is 12.6 Å². The zero-order chi connectivity index (χ0) is 14.0. The van der Waals surface area contributed by atoms with Gasteiger partial charge in [0.15, 0.2) is 5.78 Å². The van der Waals surface area contributed by atoms with Gasteiger partial charge in [0.2, 0.25) is 0 Å². The second kappa shape index (κ2) is 6.16. The summed E-state index contributed by atoms with van der Waals surface area (Å²) in [5, 5.41) is 0. The molecule has 2 unspecified atom stereocenters. The molecule has 3 nitrogen and oxygen atoms in total. The molecular weight excluding hydrogens is 258 g/mol. The maximum absolute atomic E-state index is 12.4. The number of likely N-dealkylation sites (tertiary alicyclic amines) is 1. The van der Waals surface area contributed by atoms with Crippen molar-refractivity contribution in [3.05, 3.63) is 21.4 Å². The van der Waals surface area contributed by atoms with E-state index in [9.17, 15) is 4.79 Å². The molecule has 0 aliphatic carbocycles. The van der Waals surface area contributed by atoms with Crippen LogP contribution in [-0.2, 0) is 4.74 Å². The molecular formula is C15H23NO2S. The first-order valence-electron chi connectivity index (χ1n) is 6.88. The third-order valence-corrected chi connectivity index (χ3v) is 4.95. The highest BCUT2D eigenvalue weighted by molar-refractivity contribution is 7.12. The number of rotatable bonds is 4. The monoisotopic (exact) mass is 281 g/mol. The van der Waals surface area contributed by atoms with E-state index < -0.39 is 0 Å². The van der Waals surface area contributed by atoms with Crippen LogP contribution in [0.1, 0.15) is 39.9 Å². The highest BCUT2D eigenvalue weighted by Gasteiger charge is 2.27. The second-order valence-corrected chi connectivity index (χ2v) is 6.91. The van der Waals surface area contributed by atoms with Crippen molar-refractivity contribution in [2.24, 2.45) is 0 Å². The minimum atomic E-state index is 0.254. The Balaban J connectivity index is 1.98. The summed E-state index contributed by atoms with van der Waals surface area (Å²) in [6.07, 6.45) is 2.40. The average Bonchev–Trinajstić information content (AvgIpc) is 2.71. The summed E-state index contributed by atoms with van der Waals surface area (Å²) in [6, 6.07) is 2.44. The van der Waals surface area contributed by atoms with Crippen molar-refractivity contribution in [2.45, 2.75) is 45.8 Å². The quantitative estimate of drug-likeness (QED) is 0.794. The number of hydrogen-bond acceptors (Lipinski definition) is 4. The third-order valence-electron chi connectivity index (χ3n) is 3.99. The van der Waals surface area contributed by atoms with E-state index in [4.69, 9.17) is 4.74 Å². The van der Waals surface area contributed by atoms with Gasteiger partial charge in [-0.15, -0.1) is 11.3 Å². The van der Waals surface area contributed by atoms with Crippen LogP contribution >= 0.6 is 11.3 Å². The number of Topliss-reactive ketones (excluding diaryl/α,β-unsaturated/α-hetero) is 1. The highest BCUT2D eigenvalue weighted by atomic mass is 32.1. The molecule has 4 heteroatoms. The molecule has 2 rings (SSSR count). The van der Waals surface area contributed by atoms with Crippen LogP contribution in [-0.4, -0.2) is 43.0 Å². The fourth-order valence-corrected chi connectivity index (χ4v) is 3.75. The van der Waals surface area contributed by atoms with Crippen molar-refractivity contribution >= 4 is 17.1 Å². The maximum atomic E-state index is 12.4. The Bertz CT molecular complexity index is 455. The zero-order valence-corrected chi connectivity index (χ0v) is 13.0. The van der Waals surface area contributed by atoms with Gasteiger partial charge < -0.3 is 4.74 Å². The molecule has 1 saturated heterocycles. The predicted molar refractivity (Wildman–Crippen MR) is 79.2 cm³/mol. The molecule has 1 aromatic rings.